The number of thioether (sulfide) groups is 1. The molecule has 2 rings (SSSR count). The molecule has 2 aromatic rings. The Morgan fingerprint density at radius 1 is 1.41 bits per heavy atom. The third-order valence-corrected chi connectivity index (χ3v) is 5.39. The summed E-state index contributed by atoms with van der Waals surface area (Å²) in [6, 6.07) is 9.16. The molecule has 118 valence electrons. The lowest BCUT2D eigenvalue weighted by atomic mass is 10.1. The third-order valence-electron chi connectivity index (χ3n) is 3.14. The number of phenolic OH excluding ortho intramolecular Hbond substituents is 1. The largest absolute Gasteiger partial charge is 0.508 e. The summed E-state index contributed by atoms with van der Waals surface area (Å²) in [4.78, 5) is 12.2. The van der Waals surface area contributed by atoms with Gasteiger partial charge < -0.3 is 15.2 Å². The number of nitrogens with one attached hydrogen (secondary N) is 1. The minimum absolute atomic E-state index is 0.298. The van der Waals surface area contributed by atoms with Crippen LogP contribution in [0.4, 0.5) is 5.69 Å². The Labute approximate surface area is 138 Å². The fraction of sp³-hybridized carbons (Fsp3) is 0.312. The van der Waals surface area contributed by atoms with Gasteiger partial charge in [0, 0.05) is 6.54 Å². The Hall–Kier alpha value is -1.66. The zero-order valence-corrected chi connectivity index (χ0v) is 14.2. The Balaban J connectivity index is 1.88. The van der Waals surface area contributed by atoms with E-state index >= 15 is 0 Å². The lowest BCUT2D eigenvalue weighted by Crippen LogP contribution is -2.03. The monoisotopic (exact) mass is 337 g/mol. The number of hydrogen-bond acceptors (Lipinski definition) is 6. The molecule has 1 aromatic carbocycles. The van der Waals surface area contributed by atoms with Crippen LogP contribution >= 0.6 is 23.1 Å². The first kappa shape index (κ1) is 16.7. The zero-order chi connectivity index (χ0) is 15.9. The lowest BCUT2D eigenvalue weighted by molar-refractivity contribution is 0.0606. The first-order valence-electron chi connectivity index (χ1n) is 6.92. The number of methoxy groups -OCH3 is 1. The molecule has 0 aliphatic rings. The summed E-state index contributed by atoms with van der Waals surface area (Å²) >= 11 is 3.06. The molecule has 2 N–H and O–H groups in total. The van der Waals surface area contributed by atoms with Crippen molar-refractivity contribution in [1.29, 1.82) is 0 Å². The predicted octanol–water partition coefficient (Wildman–Crippen LogP) is 4.01. The normalized spacial score (nSPS) is 10.5. The number of aromatic hydroxyl groups is 1. The van der Waals surface area contributed by atoms with Crippen molar-refractivity contribution < 1.29 is 14.6 Å². The molecule has 0 radical (unpaired) electrons. The molecule has 1 aromatic heterocycles. The highest BCUT2D eigenvalue weighted by Gasteiger charge is 2.14. The number of rotatable bonds is 7. The van der Waals surface area contributed by atoms with Crippen molar-refractivity contribution in [2.75, 3.05) is 25.2 Å². The van der Waals surface area contributed by atoms with Gasteiger partial charge in [0.25, 0.3) is 0 Å². The molecule has 0 saturated carbocycles. The van der Waals surface area contributed by atoms with Crippen LogP contribution in [0.2, 0.25) is 0 Å². The van der Waals surface area contributed by atoms with E-state index in [1.165, 1.54) is 18.4 Å². The van der Waals surface area contributed by atoms with Gasteiger partial charge in [-0.05, 0) is 42.9 Å². The number of benzene rings is 1. The molecule has 0 bridgehead atoms. The van der Waals surface area contributed by atoms with Crippen molar-refractivity contribution in [1.82, 2.24) is 0 Å². The van der Waals surface area contributed by atoms with Gasteiger partial charge in [0.05, 0.1) is 17.0 Å². The summed E-state index contributed by atoms with van der Waals surface area (Å²) in [6.45, 7) is 0.806. The number of phenols is 1. The third kappa shape index (κ3) is 4.42. The molecule has 0 amide bonds. The standard InChI is InChI=1S/C16H19NO3S2/c1-20-15(19)14-10-13(16(21-2)22-14)17-8-4-6-11-5-3-7-12(18)9-11/h3,5,7,9-10,17-18H,4,6,8H2,1-2H3. The highest BCUT2D eigenvalue weighted by Crippen LogP contribution is 2.35. The maximum absolute atomic E-state index is 11.6. The number of ether oxygens (including phenoxy) is 1. The van der Waals surface area contributed by atoms with Crippen LogP contribution in [0.15, 0.2) is 34.5 Å². The van der Waals surface area contributed by atoms with Gasteiger partial charge in [-0.2, -0.15) is 0 Å². The molecule has 0 aliphatic heterocycles. The molecule has 22 heavy (non-hydrogen) atoms. The average molecular weight is 337 g/mol. The molecular formula is C16H19NO3S2. The Morgan fingerprint density at radius 2 is 2.23 bits per heavy atom. The summed E-state index contributed by atoms with van der Waals surface area (Å²) < 4.78 is 5.84. The van der Waals surface area contributed by atoms with E-state index in [1.54, 1.807) is 23.9 Å². The van der Waals surface area contributed by atoms with Gasteiger partial charge in [-0.25, -0.2) is 4.79 Å². The zero-order valence-electron chi connectivity index (χ0n) is 12.6. The molecular weight excluding hydrogens is 318 g/mol. The Kier molecular flexibility index (Phi) is 6.15. The highest BCUT2D eigenvalue weighted by molar-refractivity contribution is 8.00. The average Bonchev–Trinajstić information content (AvgIpc) is 2.94. The van der Waals surface area contributed by atoms with Crippen LogP contribution in [0.3, 0.4) is 0 Å². The van der Waals surface area contributed by atoms with Gasteiger partial charge >= 0.3 is 5.97 Å². The van der Waals surface area contributed by atoms with E-state index in [0.717, 1.165) is 34.8 Å². The van der Waals surface area contributed by atoms with Crippen LogP contribution in [0.25, 0.3) is 0 Å². The van der Waals surface area contributed by atoms with Crippen LogP contribution in [-0.2, 0) is 11.2 Å². The van der Waals surface area contributed by atoms with Crippen LogP contribution in [-0.4, -0.2) is 31.0 Å². The second-order valence-corrected chi connectivity index (χ2v) is 6.83. The van der Waals surface area contributed by atoms with Crippen molar-refractivity contribution in [3.05, 3.63) is 40.8 Å². The summed E-state index contributed by atoms with van der Waals surface area (Å²) in [6.07, 6.45) is 3.83. The molecule has 0 saturated heterocycles. The first-order chi connectivity index (χ1) is 10.6. The second kappa shape index (κ2) is 8.10. The molecule has 0 atom stereocenters. The van der Waals surface area contributed by atoms with Crippen LogP contribution in [0.5, 0.6) is 5.75 Å². The van der Waals surface area contributed by atoms with Crippen molar-refractivity contribution in [2.24, 2.45) is 0 Å². The topological polar surface area (TPSA) is 58.6 Å². The van der Waals surface area contributed by atoms with E-state index in [9.17, 15) is 9.90 Å². The van der Waals surface area contributed by atoms with Crippen molar-refractivity contribution in [2.45, 2.75) is 17.1 Å². The van der Waals surface area contributed by atoms with Gasteiger partial charge in [-0.3, -0.25) is 0 Å². The number of carbonyl (C=O) groups is 1. The minimum atomic E-state index is -0.298. The van der Waals surface area contributed by atoms with Crippen molar-refractivity contribution in [3.63, 3.8) is 0 Å². The first-order valence-corrected chi connectivity index (χ1v) is 8.96. The van der Waals surface area contributed by atoms with Crippen molar-refractivity contribution >= 4 is 34.8 Å². The van der Waals surface area contributed by atoms with E-state index in [-0.39, 0.29) is 5.97 Å². The van der Waals surface area contributed by atoms with E-state index < -0.39 is 0 Å². The maximum Gasteiger partial charge on any atom is 0.348 e. The Morgan fingerprint density at radius 3 is 2.91 bits per heavy atom. The van der Waals surface area contributed by atoms with Gasteiger partial charge in [-0.15, -0.1) is 23.1 Å². The fourth-order valence-electron chi connectivity index (χ4n) is 2.08. The van der Waals surface area contributed by atoms with Gasteiger partial charge in [-0.1, -0.05) is 12.1 Å². The van der Waals surface area contributed by atoms with Crippen LogP contribution in [0.1, 0.15) is 21.7 Å². The lowest BCUT2D eigenvalue weighted by Gasteiger charge is -2.06. The predicted molar refractivity (Wildman–Crippen MR) is 92.4 cm³/mol. The number of esters is 1. The smallest absolute Gasteiger partial charge is 0.348 e. The SMILES string of the molecule is COC(=O)c1cc(NCCCc2cccc(O)c2)c(SC)s1. The molecule has 1 heterocycles. The second-order valence-electron chi connectivity index (χ2n) is 4.71. The molecule has 6 heteroatoms. The summed E-state index contributed by atoms with van der Waals surface area (Å²) in [5.74, 6) is 0.00351. The fourth-order valence-corrected chi connectivity index (χ4v) is 3.82. The molecule has 4 nitrogen and oxygen atoms in total. The maximum atomic E-state index is 11.6. The summed E-state index contributed by atoms with van der Waals surface area (Å²) in [5, 5.41) is 12.8. The molecule has 0 spiro atoms. The van der Waals surface area contributed by atoms with Gasteiger partial charge in [0.15, 0.2) is 0 Å². The van der Waals surface area contributed by atoms with Crippen LogP contribution < -0.4 is 5.32 Å². The van der Waals surface area contributed by atoms with E-state index in [1.807, 2.05) is 24.5 Å². The van der Waals surface area contributed by atoms with E-state index in [0.29, 0.717) is 10.6 Å². The summed E-state index contributed by atoms with van der Waals surface area (Å²) in [7, 11) is 1.39. The quantitative estimate of drug-likeness (QED) is 0.454. The number of aryl methyl sites for hydroxylation is 1. The Bertz CT molecular complexity index is 640. The van der Waals surface area contributed by atoms with E-state index in [2.05, 4.69) is 5.32 Å². The molecule has 0 aliphatic carbocycles. The van der Waals surface area contributed by atoms with Gasteiger partial charge in [0.2, 0.25) is 0 Å². The molecule has 0 unspecified atom stereocenters. The number of thiophene rings is 1. The van der Waals surface area contributed by atoms with Gasteiger partial charge in [0.1, 0.15) is 10.6 Å². The number of carbonyl (C=O) groups excluding carboxylic acids is 1. The molecule has 0 fully saturated rings. The minimum Gasteiger partial charge on any atom is -0.508 e. The summed E-state index contributed by atoms with van der Waals surface area (Å²) in [5.41, 5.74) is 2.10. The van der Waals surface area contributed by atoms with Crippen LogP contribution in [0, 0.1) is 0 Å². The number of hydrogen-bond donors (Lipinski definition) is 2. The van der Waals surface area contributed by atoms with Crippen molar-refractivity contribution in [3.8, 4) is 5.75 Å². The van der Waals surface area contributed by atoms with E-state index in [4.69, 9.17) is 4.74 Å². The number of anilines is 1. The highest BCUT2D eigenvalue weighted by atomic mass is 32.2.